The molecule has 0 aliphatic heterocycles. The fraction of sp³-hybridized carbons (Fsp3) is 0.100. The van der Waals surface area contributed by atoms with Crippen LogP contribution in [0, 0.1) is 0 Å². The second-order valence-corrected chi connectivity index (χ2v) is 3.35. The SMILES string of the molecule is FC(F)(F)c1nc(-c2ccccc2)oc1Cl. The van der Waals surface area contributed by atoms with Gasteiger partial charge in [-0.05, 0) is 23.7 Å². The molecular weight excluding hydrogens is 243 g/mol. The van der Waals surface area contributed by atoms with E-state index in [1.807, 2.05) is 0 Å². The molecule has 0 fully saturated rings. The van der Waals surface area contributed by atoms with Crippen LogP contribution in [0.1, 0.15) is 5.69 Å². The Bertz CT molecular complexity index is 493. The molecule has 1 aromatic carbocycles. The number of hydrogen-bond donors (Lipinski definition) is 0. The molecule has 2 aromatic rings. The third kappa shape index (κ3) is 2.04. The molecule has 16 heavy (non-hydrogen) atoms. The monoisotopic (exact) mass is 247 g/mol. The van der Waals surface area contributed by atoms with Crippen molar-refractivity contribution in [1.82, 2.24) is 4.98 Å². The minimum atomic E-state index is -4.60. The van der Waals surface area contributed by atoms with Crippen LogP contribution in [0.3, 0.4) is 0 Å². The average molecular weight is 248 g/mol. The second-order valence-electron chi connectivity index (χ2n) is 3.01. The summed E-state index contributed by atoms with van der Waals surface area (Å²) in [5.74, 6) is -0.141. The fourth-order valence-electron chi connectivity index (χ4n) is 1.18. The van der Waals surface area contributed by atoms with E-state index in [1.165, 1.54) is 0 Å². The largest absolute Gasteiger partial charge is 0.438 e. The average Bonchev–Trinajstić information content (AvgIpc) is 2.61. The van der Waals surface area contributed by atoms with Crippen molar-refractivity contribution >= 4 is 11.6 Å². The summed E-state index contributed by atoms with van der Waals surface area (Å²) in [5, 5.41) is -0.744. The van der Waals surface area contributed by atoms with E-state index in [1.54, 1.807) is 30.3 Å². The van der Waals surface area contributed by atoms with Gasteiger partial charge in [-0.3, -0.25) is 0 Å². The van der Waals surface area contributed by atoms with Crippen molar-refractivity contribution in [2.24, 2.45) is 0 Å². The zero-order valence-electron chi connectivity index (χ0n) is 7.75. The van der Waals surface area contributed by atoms with Gasteiger partial charge in [0.2, 0.25) is 16.8 Å². The molecule has 0 atom stereocenters. The lowest BCUT2D eigenvalue weighted by atomic mass is 10.2. The zero-order valence-corrected chi connectivity index (χ0v) is 8.51. The molecule has 2 nitrogen and oxygen atoms in total. The highest BCUT2D eigenvalue weighted by Crippen LogP contribution is 2.36. The lowest BCUT2D eigenvalue weighted by molar-refractivity contribution is -0.141. The standard InChI is InChI=1S/C10H5ClF3NO/c11-8-7(10(12,13)14)15-9(16-8)6-4-2-1-3-5-6/h1-5H. The molecule has 6 heteroatoms. The molecular formula is C10H5ClF3NO. The van der Waals surface area contributed by atoms with Crippen molar-refractivity contribution in [3.63, 3.8) is 0 Å². The number of benzene rings is 1. The molecule has 0 bridgehead atoms. The molecule has 0 radical (unpaired) electrons. The zero-order chi connectivity index (χ0) is 11.8. The maximum Gasteiger partial charge on any atom is 0.438 e. The lowest BCUT2D eigenvalue weighted by Gasteiger charge is -1.99. The van der Waals surface area contributed by atoms with Crippen LogP contribution in [-0.4, -0.2) is 4.98 Å². The third-order valence-corrected chi connectivity index (χ3v) is 2.13. The first-order chi connectivity index (χ1) is 7.48. The van der Waals surface area contributed by atoms with Gasteiger partial charge in [-0.15, -0.1) is 0 Å². The van der Waals surface area contributed by atoms with Gasteiger partial charge in [-0.25, -0.2) is 4.98 Å². The summed E-state index contributed by atoms with van der Waals surface area (Å²) >= 11 is 5.33. The van der Waals surface area contributed by atoms with Crippen LogP contribution >= 0.6 is 11.6 Å². The first kappa shape index (κ1) is 11.0. The molecule has 0 unspecified atom stereocenters. The third-order valence-electron chi connectivity index (χ3n) is 1.88. The quantitative estimate of drug-likeness (QED) is 0.761. The van der Waals surface area contributed by atoms with E-state index >= 15 is 0 Å². The first-order valence-electron chi connectivity index (χ1n) is 4.27. The minimum absolute atomic E-state index is 0.141. The van der Waals surface area contributed by atoms with E-state index in [-0.39, 0.29) is 5.89 Å². The highest BCUT2D eigenvalue weighted by molar-refractivity contribution is 6.29. The predicted octanol–water partition coefficient (Wildman–Crippen LogP) is 4.01. The van der Waals surface area contributed by atoms with Gasteiger partial charge in [-0.1, -0.05) is 18.2 Å². The van der Waals surface area contributed by atoms with E-state index in [2.05, 4.69) is 4.98 Å². The Hall–Kier alpha value is -1.49. The Balaban J connectivity index is 2.47. The Labute approximate surface area is 93.7 Å². The second kappa shape index (κ2) is 3.83. The van der Waals surface area contributed by atoms with Gasteiger partial charge in [0, 0.05) is 5.56 Å². The lowest BCUT2D eigenvalue weighted by Crippen LogP contribution is -2.05. The Morgan fingerprint density at radius 2 is 1.75 bits per heavy atom. The van der Waals surface area contributed by atoms with Gasteiger partial charge in [0.15, 0.2) is 0 Å². The molecule has 2 rings (SSSR count). The summed E-state index contributed by atoms with van der Waals surface area (Å²) in [6.45, 7) is 0. The Morgan fingerprint density at radius 3 is 2.25 bits per heavy atom. The summed E-state index contributed by atoms with van der Waals surface area (Å²) in [4.78, 5) is 3.33. The van der Waals surface area contributed by atoms with Gasteiger partial charge >= 0.3 is 6.18 Å². The maximum atomic E-state index is 12.4. The normalized spacial score (nSPS) is 11.8. The molecule has 0 spiro atoms. The van der Waals surface area contributed by atoms with Gasteiger partial charge in [0.25, 0.3) is 0 Å². The molecule has 84 valence electrons. The van der Waals surface area contributed by atoms with Crippen molar-refractivity contribution in [3.8, 4) is 11.5 Å². The number of halogens is 4. The van der Waals surface area contributed by atoms with E-state index in [4.69, 9.17) is 16.0 Å². The summed E-state index contributed by atoms with van der Waals surface area (Å²) in [6, 6.07) is 8.24. The van der Waals surface area contributed by atoms with Crippen molar-refractivity contribution in [3.05, 3.63) is 41.2 Å². The molecule has 0 amide bonds. The fourth-order valence-corrected chi connectivity index (χ4v) is 1.40. The van der Waals surface area contributed by atoms with Crippen molar-refractivity contribution < 1.29 is 17.6 Å². The minimum Gasteiger partial charge on any atom is -0.424 e. The summed E-state index contributed by atoms with van der Waals surface area (Å²) in [7, 11) is 0. The van der Waals surface area contributed by atoms with Crippen LogP contribution in [0.25, 0.3) is 11.5 Å². The van der Waals surface area contributed by atoms with Gasteiger partial charge in [-0.2, -0.15) is 13.2 Å². The van der Waals surface area contributed by atoms with Crippen molar-refractivity contribution in [2.45, 2.75) is 6.18 Å². The van der Waals surface area contributed by atoms with Crippen LogP contribution in [-0.2, 0) is 6.18 Å². The molecule has 0 saturated heterocycles. The van der Waals surface area contributed by atoms with Gasteiger partial charge in [0.1, 0.15) is 0 Å². The number of hydrogen-bond acceptors (Lipinski definition) is 2. The molecule has 1 aromatic heterocycles. The van der Waals surface area contributed by atoms with Crippen LogP contribution in [0.5, 0.6) is 0 Å². The van der Waals surface area contributed by atoms with Crippen LogP contribution < -0.4 is 0 Å². The molecule has 1 heterocycles. The number of rotatable bonds is 1. The highest BCUT2D eigenvalue weighted by atomic mass is 35.5. The van der Waals surface area contributed by atoms with Gasteiger partial charge < -0.3 is 4.42 Å². The highest BCUT2D eigenvalue weighted by Gasteiger charge is 2.38. The van der Waals surface area contributed by atoms with Crippen molar-refractivity contribution in [2.75, 3.05) is 0 Å². The van der Waals surface area contributed by atoms with Crippen LogP contribution in [0.4, 0.5) is 13.2 Å². The molecule has 0 saturated carbocycles. The molecule has 0 aliphatic rings. The number of aromatic nitrogens is 1. The first-order valence-corrected chi connectivity index (χ1v) is 4.65. The predicted molar refractivity (Wildman–Crippen MR) is 52.0 cm³/mol. The molecule has 0 N–H and O–H groups in total. The summed E-state index contributed by atoms with van der Waals surface area (Å²) in [6.07, 6.45) is -4.60. The Kier molecular flexibility index (Phi) is 2.63. The summed E-state index contributed by atoms with van der Waals surface area (Å²) < 4.78 is 41.9. The smallest absolute Gasteiger partial charge is 0.424 e. The van der Waals surface area contributed by atoms with E-state index in [0.717, 1.165) is 0 Å². The maximum absolute atomic E-state index is 12.4. The van der Waals surface area contributed by atoms with E-state index in [9.17, 15) is 13.2 Å². The van der Waals surface area contributed by atoms with Crippen LogP contribution in [0.2, 0.25) is 5.22 Å². The number of alkyl halides is 3. The van der Waals surface area contributed by atoms with E-state index < -0.39 is 17.1 Å². The summed E-state index contributed by atoms with van der Waals surface area (Å²) in [5.41, 5.74) is -0.757. The van der Waals surface area contributed by atoms with Crippen molar-refractivity contribution in [1.29, 1.82) is 0 Å². The number of oxazole rings is 1. The van der Waals surface area contributed by atoms with Gasteiger partial charge in [0.05, 0.1) is 0 Å². The molecule has 0 aliphatic carbocycles. The topological polar surface area (TPSA) is 26.0 Å². The number of nitrogens with zero attached hydrogens (tertiary/aromatic N) is 1. The Morgan fingerprint density at radius 1 is 1.12 bits per heavy atom. The van der Waals surface area contributed by atoms with Crippen LogP contribution in [0.15, 0.2) is 34.7 Å². The van der Waals surface area contributed by atoms with E-state index in [0.29, 0.717) is 5.56 Å².